The number of nitrogens with zero attached hydrogens (tertiary/aromatic N) is 7. The standard InChI is InChI=1S/C36H52N11O23P3S/c37-32-29-33(42-19-41-32)45(20-43-29)35-31(51)30(50)25(68-35)18-67-71(59,60)69-72(61,62)70-73(63,64)74-26-17-28(49)44(34(26)52)11-7-27(48)40-10-13-66-15-14-65-12-3-9-39-23(36(53)54)4-1-2-8-38-22-6-5-21(46(55)56)16-24(22)47(57)58/h5-6,16-17,19-20,23,25,30-31,35,38-39,49-52H,1-4,7-15,18H2,(H,40,48)(H,53,54)(H,59,60)(H,61,62)(H,63,64)(H2,37,41,42). The predicted molar refractivity (Wildman–Crippen MR) is 252 cm³/mol. The fourth-order valence-electron chi connectivity index (χ4n) is 6.83. The number of carboxylic acids is 1. The van der Waals surface area contributed by atoms with Crippen LogP contribution in [0.2, 0.25) is 0 Å². The van der Waals surface area contributed by atoms with Crippen LogP contribution in [0, 0.1) is 20.2 Å². The lowest BCUT2D eigenvalue weighted by molar-refractivity contribution is -0.393. The van der Waals surface area contributed by atoms with E-state index in [0.29, 0.717) is 25.8 Å². The number of aliphatic carboxylic acids is 1. The molecule has 3 aromatic heterocycles. The number of nitrogen functional groups attached to an aromatic ring is 1. The molecule has 0 bridgehead atoms. The molecular weight excluding hydrogens is 1080 g/mol. The molecule has 1 aliphatic rings. The number of nitro benzene ring substituents is 2. The third-order valence-corrected chi connectivity index (χ3v) is 16.7. The van der Waals surface area contributed by atoms with E-state index in [-0.39, 0.29) is 93.0 Å². The van der Waals surface area contributed by atoms with Crippen molar-refractivity contribution in [3.63, 3.8) is 0 Å². The van der Waals surface area contributed by atoms with Gasteiger partial charge in [0.25, 0.3) is 11.4 Å². The second kappa shape index (κ2) is 26.9. The highest BCUT2D eigenvalue weighted by molar-refractivity contribution is 8.55. The average molecular weight is 1130 g/mol. The number of carbonyl (C=O) groups excluding carboxylic acids is 1. The molecule has 1 amide bonds. The summed E-state index contributed by atoms with van der Waals surface area (Å²) in [7, 11) is -11.6. The van der Waals surface area contributed by atoms with Crippen molar-refractivity contribution >= 4 is 79.7 Å². The van der Waals surface area contributed by atoms with E-state index in [1.165, 1.54) is 17.0 Å². The van der Waals surface area contributed by atoms with Crippen molar-refractivity contribution in [1.29, 1.82) is 0 Å². The number of nitrogens with two attached hydrogens (primary N) is 1. The number of carbonyl (C=O) groups is 2. The summed E-state index contributed by atoms with van der Waals surface area (Å²) in [5, 5.41) is 82.1. The predicted octanol–water partition coefficient (Wildman–Crippen LogP) is 1.45. The number of anilines is 2. The number of aromatic hydroxyl groups is 2. The maximum absolute atomic E-state index is 12.8. The summed E-state index contributed by atoms with van der Waals surface area (Å²) < 4.78 is 69.2. The number of rotatable bonds is 33. The summed E-state index contributed by atoms with van der Waals surface area (Å²) in [5.74, 6) is -3.21. The largest absolute Gasteiger partial charge is 0.494 e. The average Bonchev–Trinajstić information content (AvgIpc) is 3.95. The number of aromatic nitrogens is 5. The number of benzene rings is 1. The van der Waals surface area contributed by atoms with Gasteiger partial charge >= 0.3 is 28.4 Å². The number of aliphatic hydroxyl groups is 2. The van der Waals surface area contributed by atoms with Gasteiger partial charge < -0.3 is 76.1 Å². The minimum absolute atomic E-state index is 0.00294. The van der Waals surface area contributed by atoms with Gasteiger partial charge in [-0.1, -0.05) is 0 Å². The molecule has 1 fully saturated rings. The van der Waals surface area contributed by atoms with Gasteiger partial charge in [-0.25, -0.2) is 28.6 Å². The summed E-state index contributed by atoms with van der Waals surface area (Å²) >= 11 is -0.286. The van der Waals surface area contributed by atoms with Crippen LogP contribution in [0.3, 0.4) is 0 Å². The number of fused-ring (bicyclic) bond motifs is 1. The molecule has 0 radical (unpaired) electrons. The van der Waals surface area contributed by atoms with Crippen LogP contribution >= 0.6 is 33.8 Å². The van der Waals surface area contributed by atoms with Crippen LogP contribution in [0.4, 0.5) is 22.9 Å². The highest BCUT2D eigenvalue weighted by Crippen LogP contribution is 2.73. The first-order valence-electron chi connectivity index (χ1n) is 21.7. The van der Waals surface area contributed by atoms with Crippen LogP contribution in [0.25, 0.3) is 11.2 Å². The monoisotopic (exact) mass is 1130 g/mol. The number of carboxylic acid groups (broad SMARTS) is 1. The number of imidazole rings is 1. The normalized spacial score (nSPS) is 19.6. The Morgan fingerprint density at radius 1 is 0.905 bits per heavy atom. The van der Waals surface area contributed by atoms with Crippen molar-refractivity contribution in [2.24, 2.45) is 0 Å². The van der Waals surface area contributed by atoms with Crippen LogP contribution in [0.1, 0.15) is 38.3 Å². The molecule has 4 heterocycles. The van der Waals surface area contributed by atoms with E-state index < -0.39 is 109 Å². The molecule has 34 nitrogen and oxygen atoms in total. The highest BCUT2D eigenvalue weighted by Gasteiger charge is 2.47. The van der Waals surface area contributed by atoms with Gasteiger partial charge in [-0.3, -0.25) is 43.5 Å². The smallest absolute Gasteiger partial charge is 0.488 e. The molecule has 1 saturated heterocycles. The van der Waals surface area contributed by atoms with E-state index in [2.05, 4.69) is 44.0 Å². The number of non-ortho nitro benzene ring substituents is 1. The number of hydrogen-bond donors (Lipinski definition) is 12. The first-order valence-corrected chi connectivity index (χ1v) is 27.7. The topological polar surface area (TPSA) is 499 Å². The van der Waals surface area contributed by atoms with Gasteiger partial charge in [0.1, 0.15) is 41.9 Å². The first-order chi connectivity index (χ1) is 34.9. The van der Waals surface area contributed by atoms with Gasteiger partial charge in [0, 0.05) is 56.2 Å². The van der Waals surface area contributed by atoms with Crippen molar-refractivity contribution < 1.29 is 101 Å². The van der Waals surface area contributed by atoms with E-state index in [0.717, 1.165) is 29.1 Å². The molecule has 74 heavy (non-hydrogen) atoms. The maximum atomic E-state index is 12.8. The summed E-state index contributed by atoms with van der Waals surface area (Å²) in [6.45, 7) is -5.54. The number of unbranched alkanes of at least 4 members (excludes halogenated alkanes) is 1. The van der Waals surface area contributed by atoms with E-state index in [4.69, 9.17) is 19.9 Å². The van der Waals surface area contributed by atoms with Crippen LogP contribution in [0.15, 0.2) is 41.8 Å². The van der Waals surface area contributed by atoms with Crippen LogP contribution < -0.4 is 21.7 Å². The lowest BCUT2D eigenvalue weighted by Crippen LogP contribution is -2.37. The van der Waals surface area contributed by atoms with E-state index in [9.17, 15) is 83.7 Å². The van der Waals surface area contributed by atoms with Crippen LogP contribution in [-0.2, 0) is 57.2 Å². The number of nitro groups is 2. The molecule has 4 aromatic rings. The summed E-state index contributed by atoms with van der Waals surface area (Å²) in [4.78, 5) is 86.5. The number of aliphatic hydroxyl groups excluding tert-OH is 2. The number of hydrogen-bond acceptors (Lipinski definition) is 26. The molecule has 0 spiro atoms. The third kappa shape index (κ3) is 17.3. The molecule has 1 aromatic carbocycles. The second-order valence-corrected chi connectivity index (χ2v) is 22.5. The second-order valence-electron chi connectivity index (χ2n) is 15.6. The Labute approximate surface area is 420 Å². The van der Waals surface area contributed by atoms with E-state index in [1.807, 2.05) is 0 Å². The van der Waals surface area contributed by atoms with E-state index >= 15 is 0 Å². The van der Waals surface area contributed by atoms with Crippen molar-refractivity contribution in [2.75, 3.05) is 63.7 Å². The van der Waals surface area contributed by atoms with Gasteiger partial charge in [-0.15, -0.1) is 0 Å². The molecule has 410 valence electrons. The minimum Gasteiger partial charge on any atom is -0.494 e. The molecule has 38 heteroatoms. The lowest BCUT2D eigenvalue weighted by atomic mass is 10.1. The summed E-state index contributed by atoms with van der Waals surface area (Å²) in [5.41, 5.74) is 5.23. The fraction of sp³-hybridized carbons (Fsp3) is 0.528. The third-order valence-electron chi connectivity index (χ3n) is 10.3. The Kier molecular flexibility index (Phi) is 21.6. The SMILES string of the molecule is Nc1ncnc2c1ncn2C1OC(COP(=O)(O)OP(=O)(O)OP(=O)(O)Sc2cc(O)n(CCC(=O)NCCOCCOCCCNC(CCCCNc3ccc([N+](=O)[O-])cc3[N+](=O)[O-])C(=O)O)c2O)C(O)C1O. The Morgan fingerprint density at radius 3 is 2.34 bits per heavy atom. The van der Waals surface area contributed by atoms with Gasteiger partial charge in [-0.2, -0.15) is 8.62 Å². The van der Waals surface area contributed by atoms with Gasteiger partial charge in [-0.05, 0) is 38.3 Å². The maximum Gasteiger partial charge on any atom is 0.488 e. The Balaban J connectivity index is 0.920. The quantitative estimate of drug-likeness (QED) is 0.0139. The van der Waals surface area contributed by atoms with Crippen molar-refractivity contribution in [3.05, 3.63) is 57.1 Å². The molecule has 0 aliphatic carbocycles. The van der Waals surface area contributed by atoms with E-state index in [1.54, 1.807) is 0 Å². The fourth-order valence-corrected chi connectivity index (χ4v) is 12.8. The van der Waals surface area contributed by atoms with Crippen molar-refractivity contribution in [2.45, 2.75) is 74.1 Å². The van der Waals surface area contributed by atoms with Gasteiger partial charge in [0.2, 0.25) is 11.8 Å². The number of phosphoric ester groups is 1. The van der Waals surface area contributed by atoms with Gasteiger partial charge in [0.05, 0.1) is 53.6 Å². The Hall–Kier alpha value is -5.45. The van der Waals surface area contributed by atoms with Crippen molar-refractivity contribution in [1.82, 2.24) is 34.7 Å². The van der Waals surface area contributed by atoms with Gasteiger partial charge in [0.15, 0.2) is 23.6 Å². The van der Waals surface area contributed by atoms with Crippen molar-refractivity contribution in [3.8, 4) is 11.8 Å². The summed E-state index contributed by atoms with van der Waals surface area (Å²) in [6.07, 6.45) is -2.79. The zero-order valence-electron chi connectivity index (χ0n) is 38.4. The zero-order valence-corrected chi connectivity index (χ0v) is 41.9. The lowest BCUT2D eigenvalue weighted by Gasteiger charge is -2.20. The number of nitrogens with one attached hydrogen (secondary N) is 3. The molecule has 5 rings (SSSR count). The molecule has 8 atom stereocenters. The highest BCUT2D eigenvalue weighted by atomic mass is 32.7. The first kappa shape index (κ1) is 59.4. The Morgan fingerprint density at radius 2 is 1.64 bits per heavy atom. The minimum atomic E-state index is -5.96. The Bertz CT molecular complexity index is 2760. The molecule has 0 saturated carbocycles. The summed E-state index contributed by atoms with van der Waals surface area (Å²) in [6, 6.07) is 3.15. The zero-order chi connectivity index (χ0) is 54.4. The molecule has 13 N–H and O–H groups in total. The number of ether oxygens (including phenoxy) is 3. The molecular formula is C36H52N11O23P3S. The van der Waals surface area contributed by atoms with Crippen LogP contribution in [-0.4, -0.2) is 163 Å². The van der Waals surface area contributed by atoms with Crippen LogP contribution in [0.5, 0.6) is 11.8 Å². The molecule has 1 aliphatic heterocycles. The number of amides is 1. The molecule has 8 unspecified atom stereocenters. The number of phosphoric acid groups is 2.